The number of hydrogen-bond donors (Lipinski definition) is 1. The number of H-pyrrole nitrogens is 1. The summed E-state index contributed by atoms with van der Waals surface area (Å²) in [5, 5.41) is 10.4. The summed E-state index contributed by atoms with van der Waals surface area (Å²) < 4.78 is 6.82. The summed E-state index contributed by atoms with van der Waals surface area (Å²) in [6.45, 7) is 5.53. The van der Waals surface area contributed by atoms with Crippen LogP contribution in [0.4, 0.5) is 0 Å². The molecular formula is C14H16N4O2S. The molecule has 1 aromatic carbocycles. The summed E-state index contributed by atoms with van der Waals surface area (Å²) >= 11 is 4.99. The van der Waals surface area contributed by atoms with Crippen LogP contribution < -0.4 is 10.3 Å². The molecule has 7 heteroatoms. The van der Waals surface area contributed by atoms with E-state index in [1.54, 1.807) is 13.1 Å². The van der Waals surface area contributed by atoms with Crippen molar-refractivity contribution in [3.8, 4) is 5.75 Å². The first-order chi connectivity index (χ1) is 9.97. The van der Waals surface area contributed by atoms with Gasteiger partial charge in [0.25, 0.3) is 5.56 Å². The average Bonchev–Trinajstić information content (AvgIpc) is 2.44. The van der Waals surface area contributed by atoms with Crippen molar-refractivity contribution < 1.29 is 4.74 Å². The predicted octanol–water partition coefficient (Wildman–Crippen LogP) is 2.28. The maximum Gasteiger partial charge on any atom is 0.296 e. The van der Waals surface area contributed by atoms with E-state index in [9.17, 15) is 4.79 Å². The van der Waals surface area contributed by atoms with E-state index in [1.807, 2.05) is 38.1 Å². The Balaban J connectivity index is 2.24. The standard InChI is InChI=1S/C14H16N4O2S/c1-9(2)20-12-6-4-11(5-7-12)8-15-18-13(19)10(3)16-17-14(18)21/h4-9H,1-3H3,(H,17,21)/b15-8+. The monoisotopic (exact) mass is 304 g/mol. The highest BCUT2D eigenvalue weighted by Gasteiger charge is 2.01. The molecular weight excluding hydrogens is 288 g/mol. The number of benzene rings is 1. The number of aromatic amines is 1. The van der Waals surface area contributed by atoms with Gasteiger partial charge in [0.15, 0.2) is 0 Å². The molecule has 110 valence electrons. The zero-order chi connectivity index (χ0) is 15.4. The Morgan fingerprint density at radius 1 is 1.38 bits per heavy atom. The molecule has 0 atom stereocenters. The smallest absolute Gasteiger partial charge is 0.296 e. The Kier molecular flexibility index (Phi) is 4.64. The third-order valence-electron chi connectivity index (χ3n) is 2.59. The van der Waals surface area contributed by atoms with Crippen LogP contribution in [0.25, 0.3) is 0 Å². The quantitative estimate of drug-likeness (QED) is 0.695. The van der Waals surface area contributed by atoms with Crippen molar-refractivity contribution in [3.05, 3.63) is 50.6 Å². The summed E-state index contributed by atoms with van der Waals surface area (Å²) in [5.74, 6) is 0.788. The number of nitrogens with zero attached hydrogens (tertiary/aromatic N) is 3. The van der Waals surface area contributed by atoms with Crippen molar-refractivity contribution in [3.63, 3.8) is 0 Å². The second kappa shape index (κ2) is 6.45. The summed E-state index contributed by atoms with van der Waals surface area (Å²) in [7, 11) is 0. The molecule has 0 saturated carbocycles. The van der Waals surface area contributed by atoms with Crippen LogP contribution in [0.3, 0.4) is 0 Å². The molecule has 0 unspecified atom stereocenters. The fraction of sp³-hybridized carbons (Fsp3) is 0.286. The van der Waals surface area contributed by atoms with Crippen molar-refractivity contribution in [2.24, 2.45) is 5.10 Å². The molecule has 1 heterocycles. The van der Waals surface area contributed by atoms with Gasteiger partial charge in [0, 0.05) is 0 Å². The first kappa shape index (κ1) is 15.1. The third kappa shape index (κ3) is 3.85. The zero-order valence-corrected chi connectivity index (χ0v) is 12.8. The van der Waals surface area contributed by atoms with E-state index in [-0.39, 0.29) is 16.4 Å². The van der Waals surface area contributed by atoms with Gasteiger partial charge in [0.1, 0.15) is 11.4 Å². The van der Waals surface area contributed by atoms with Gasteiger partial charge in [0.2, 0.25) is 4.77 Å². The van der Waals surface area contributed by atoms with E-state index in [0.717, 1.165) is 16.0 Å². The zero-order valence-electron chi connectivity index (χ0n) is 12.0. The van der Waals surface area contributed by atoms with Crippen LogP contribution in [0, 0.1) is 11.7 Å². The van der Waals surface area contributed by atoms with Gasteiger partial charge in [-0.2, -0.15) is 14.9 Å². The molecule has 6 nitrogen and oxygen atoms in total. The molecule has 0 saturated heterocycles. The highest BCUT2D eigenvalue weighted by molar-refractivity contribution is 7.71. The molecule has 0 aliphatic rings. The van der Waals surface area contributed by atoms with E-state index in [1.165, 1.54) is 0 Å². The fourth-order valence-corrected chi connectivity index (χ4v) is 1.78. The fourth-order valence-electron chi connectivity index (χ4n) is 1.61. The van der Waals surface area contributed by atoms with Crippen LogP contribution >= 0.6 is 12.2 Å². The molecule has 0 bridgehead atoms. The number of nitrogens with one attached hydrogen (secondary N) is 1. The highest BCUT2D eigenvalue weighted by Crippen LogP contribution is 2.12. The molecule has 2 aromatic rings. The molecule has 0 aliphatic heterocycles. The molecule has 0 fully saturated rings. The lowest BCUT2D eigenvalue weighted by atomic mass is 10.2. The molecule has 1 aromatic heterocycles. The highest BCUT2D eigenvalue weighted by atomic mass is 32.1. The number of hydrogen-bond acceptors (Lipinski definition) is 5. The van der Waals surface area contributed by atoms with E-state index >= 15 is 0 Å². The molecule has 21 heavy (non-hydrogen) atoms. The van der Waals surface area contributed by atoms with Gasteiger partial charge >= 0.3 is 0 Å². The van der Waals surface area contributed by atoms with Crippen molar-refractivity contribution in [1.29, 1.82) is 0 Å². The largest absolute Gasteiger partial charge is 0.491 e. The van der Waals surface area contributed by atoms with Gasteiger partial charge in [-0.15, -0.1) is 0 Å². The minimum absolute atomic E-state index is 0.126. The molecule has 1 N–H and O–H groups in total. The Labute approximate surface area is 127 Å². The minimum atomic E-state index is -0.338. The van der Waals surface area contributed by atoms with E-state index in [4.69, 9.17) is 17.0 Å². The van der Waals surface area contributed by atoms with Gasteiger partial charge in [-0.25, -0.2) is 0 Å². The molecule has 0 spiro atoms. The Bertz CT molecular complexity index is 760. The van der Waals surface area contributed by atoms with Crippen molar-refractivity contribution >= 4 is 18.4 Å². The van der Waals surface area contributed by atoms with Crippen molar-refractivity contribution in [1.82, 2.24) is 14.9 Å². The Morgan fingerprint density at radius 3 is 2.67 bits per heavy atom. The summed E-state index contributed by atoms with van der Waals surface area (Å²) in [6, 6.07) is 7.41. The summed E-state index contributed by atoms with van der Waals surface area (Å²) in [4.78, 5) is 11.9. The molecule has 0 radical (unpaired) electrons. The molecule has 0 amide bonds. The number of aromatic nitrogens is 3. The number of ether oxygens (including phenoxy) is 1. The third-order valence-corrected chi connectivity index (χ3v) is 2.85. The topological polar surface area (TPSA) is 72.3 Å². The molecule has 2 rings (SSSR count). The van der Waals surface area contributed by atoms with E-state index in [2.05, 4.69) is 15.3 Å². The first-order valence-corrected chi connectivity index (χ1v) is 6.87. The van der Waals surface area contributed by atoms with Crippen LogP contribution in [0.2, 0.25) is 0 Å². The van der Waals surface area contributed by atoms with E-state index < -0.39 is 0 Å². The van der Waals surface area contributed by atoms with E-state index in [0.29, 0.717) is 5.69 Å². The van der Waals surface area contributed by atoms with Crippen LogP contribution in [0.1, 0.15) is 25.1 Å². The van der Waals surface area contributed by atoms with Gasteiger partial charge in [-0.1, -0.05) is 0 Å². The lowest BCUT2D eigenvalue weighted by Gasteiger charge is -2.09. The Hall–Kier alpha value is -2.28. The maximum absolute atomic E-state index is 11.9. The van der Waals surface area contributed by atoms with Gasteiger partial charge in [-0.05, 0) is 62.8 Å². The predicted molar refractivity (Wildman–Crippen MR) is 83.6 cm³/mol. The Morgan fingerprint density at radius 2 is 2.05 bits per heavy atom. The maximum atomic E-state index is 11.9. The average molecular weight is 304 g/mol. The summed E-state index contributed by atoms with van der Waals surface area (Å²) in [6.07, 6.45) is 1.69. The second-order valence-electron chi connectivity index (χ2n) is 4.71. The van der Waals surface area contributed by atoms with Gasteiger partial charge < -0.3 is 4.74 Å². The van der Waals surface area contributed by atoms with Gasteiger partial charge in [0.05, 0.1) is 12.3 Å². The first-order valence-electron chi connectivity index (χ1n) is 6.47. The normalized spacial score (nSPS) is 11.2. The minimum Gasteiger partial charge on any atom is -0.491 e. The number of rotatable bonds is 4. The molecule has 0 aliphatic carbocycles. The van der Waals surface area contributed by atoms with Crippen LogP contribution in [-0.2, 0) is 0 Å². The SMILES string of the molecule is Cc1n[nH]c(=S)n(/N=C/c2ccc(OC(C)C)cc2)c1=O. The van der Waals surface area contributed by atoms with Crippen LogP contribution in [-0.4, -0.2) is 27.2 Å². The van der Waals surface area contributed by atoms with Crippen LogP contribution in [0.5, 0.6) is 5.75 Å². The number of aryl methyl sites for hydroxylation is 1. The van der Waals surface area contributed by atoms with Crippen LogP contribution in [0.15, 0.2) is 34.2 Å². The van der Waals surface area contributed by atoms with Crippen molar-refractivity contribution in [2.45, 2.75) is 26.9 Å². The van der Waals surface area contributed by atoms with Gasteiger partial charge in [-0.3, -0.25) is 9.89 Å². The summed E-state index contributed by atoms with van der Waals surface area (Å²) in [5.41, 5.74) is 0.804. The second-order valence-corrected chi connectivity index (χ2v) is 5.10. The van der Waals surface area contributed by atoms with Crippen molar-refractivity contribution in [2.75, 3.05) is 0 Å². The lowest BCUT2D eigenvalue weighted by Crippen LogP contribution is -2.22. The lowest BCUT2D eigenvalue weighted by molar-refractivity contribution is 0.242.